The van der Waals surface area contributed by atoms with Crippen molar-refractivity contribution >= 4 is 21.6 Å². The van der Waals surface area contributed by atoms with Gasteiger partial charge in [-0.05, 0) is 30.9 Å². The largest absolute Gasteiger partial charge is 0.476 e. The topological polar surface area (TPSA) is 66.9 Å². The summed E-state index contributed by atoms with van der Waals surface area (Å²) in [6, 6.07) is 6.93. The second kappa shape index (κ2) is 6.03. The van der Waals surface area contributed by atoms with Gasteiger partial charge in [-0.25, -0.2) is 8.42 Å². The van der Waals surface area contributed by atoms with Gasteiger partial charge in [0.2, 0.25) is 10.0 Å². The highest BCUT2D eigenvalue weighted by atomic mass is 32.2. The summed E-state index contributed by atoms with van der Waals surface area (Å²) in [6.07, 6.45) is 2.46. The van der Waals surface area contributed by atoms with E-state index in [2.05, 4.69) is 6.92 Å². The number of para-hydroxylation sites is 2. The molecular weight excluding hydrogens is 316 g/mol. The van der Waals surface area contributed by atoms with E-state index in [1.807, 2.05) is 0 Å². The van der Waals surface area contributed by atoms with Crippen molar-refractivity contribution in [3.63, 3.8) is 0 Å². The summed E-state index contributed by atoms with van der Waals surface area (Å²) in [5, 5.41) is 0. The zero-order valence-electron chi connectivity index (χ0n) is 13.4. The number of anilines is 1. The lowest BCUT2D eigenvalue weighted by Crippen LogP contribution is -2.53. The Bertz CT molecular complexity index is 704. The Morgan fingerprint density at radius 2 is 2.00 bits per heavy atom. The lowest BCUT2D eigenvalue weighted by atomic mass is 10.00. The minimum atomic E-state index is -3.46. The van der Waals surface area contributed by atoms with Crippen molar-refractivity contribution in [2.45, 2.75) is 25.9 Å². The van der Waals surface area contributed by atoms with Crippen LogP contribution in [0.1, 0.15) is 19.8 Å². The Balaban J connectivity index is 1.86. The van der Waals surface area contributed by atoms with Gasteiger partial charge in [-0.3, -0.25) is 9.10 Å². The number of likely N-dealkylation sites (tertiary alicyclic amines) is 1. The van der Waals surface area contributed by atoms with E-state index in [0.29, 0.717) is 30.4 Å². The molecule has 1 fully saturated rings. The molecule has 1 aromatic carbocycles. The van der Waals surface area contributed by atoms with E-state index in [9.17, 15) is 13.2 Å². The zero-order valence-corrected chi connectivity index (χ0v) is 14.3. The highest BCUT2D eigenvalue weighted by Gasteiger charge is 2.37. The molecule has 2 aliphatic rings. The Hall–Kier alpha value is -1.76. The first-order valence-corrected chi connectivity index (χ1v) is 9.73. The van der Waals surface area contributed by atoms with Crippen LogP contribution in [0.3, 0.4) is 0 Å². The third-order valence-corrected chi connectivity index (χ3v) is 5.53. The van der Waals surface area contributed by atoms with Gasteiger partial charge in [-0.15, -0.1) is 0 Å². The lowest BCUT2D eigenvalue weighted by molar-refractivity contribution is -0.140. The van der Waals surface area contributed by atoms with Crippen LogP contribution in [0, 0.1) is 5.92 Å². The van der Waals surface area contributed by atoms with E-state index in [-0.39, 0.29) is 12.5 Å². The number of fused-ring (bicyclic) bond motifs is 1. The van der Waals surface area contributed by atoms with Crippen LogP contribution < -0.4 is 9.04 Å². The fourth-order valence-electron chi connectivity index (χ4n) is 3.24. The fourth-order valence-corrected chi connectivity index (χ4v) is 4.15. The Morgan fingerprint density at radius 1 is 1.26 bits per heavy atom. The molecule has 3 rings (SSSR count). The molecule has 0 aromatic heterocycles. The highest BCUT2D eigenvalue weighted by Crippen LogP contribution is 2.35. The van der Waals surface area contributed by atoms with Crippen molar-refractivity contribution in [2.24, 2.45) is 5.92 Å². The van der Waals surface area contributed by atoms with Crippen LogP contribution in [0.5, 0.6) is 5.75 Å². The maximum absolute atomic E-state index is 12.8. The molecule has 2 aliphatic heterocycles. The third-order valence-electron chi connectivity index (χ3n) is 4.38. The number of carbonyl (C=O) groups excluding carboxylic acids is 1. The maximum Gasteiger partial charge on any atom is 0.265 e. The Labute approximate surface area is 137 Å². The molecule has 23 heavy (non-hydrogen) atoms. The van der Waals surface area contributed by atoms with Crippen LogP contribution in [0.4, 0.5) is 5.69 Å². The summed E-state index contributed by atoms with van der Waals surface area (Å²) < 4.78 is 31.3. The Morgan fingerprint density at radius 3 is 2.70 bits per heavy atom. The number of benzene rings is 1. The molecule has 1 amide bonds. The number of carbonyl (C=O) groups is 1. The quantitative estimate of drug-likeness (QED) is 0.819. The molecule has 2 atom stereocenters. The predicted octanol–water partition coefficient (Wildman–Crippen LogP) is 1.47. The molecule has 126 valence electrons. The van der Waals surface area contributed by atoms with Crippen LogP contribution in [0.15, 0.2) is 24.3 Å². The lowest BCUT2D eigenvalue weighted by Gasteiger charge is -2.38. The number of ether oxygens (including phenoxy) is 1. The summed E-state index contributed by atoms with van der Waals surface area (Å²) in [4.78, 5) is 14.6. The average molecular weight is 338 g/mol. The molecule has 0 saturated carbocycles. The number of rotatable bonds is 2. The normalized spacial score (nSPS) is 24.8. The molecule has 0 spiro atoms. The van der Waals surface area contributed by atoms with Crippen LogP contribution >= 0.6 is 0 Å². The molecule has 0 bridgehead atoms. The monoisotopic (exact) mass is 338 g/mol. The first-order valence-electron chi connectivity index (χ1n) is 7.88. The molecule has 2 heterocycles. The summed E-state index contributed by atoms with van der Waals surface area (Å²) in [6.45, 7) is 3.57. The van der Waals surface area contributed by atoms with Gasteiger partial charge in [0.15, 0.2) is 6.10 Å². The standard InChI is InChI=1S/C16H22N2O4S/c1-12-6-5-9-17(10-12)16(19)15-11-18(23(2,20)21)13-7-3-4-8-14(13)22-15/h3-4,7-8,12,15H,5-6,9-11H2,1-2H3/t12-,15+/m1/s1. The molecule has 1 aromatic rings. The number of piperidine rings is 1. The van der Waals surface area contributed by atoms with E-state index in [4.69, 9.17) is 4.74 Å². The van der Waals surface area contributed by atoms with Gasteiger partial charge in [0.05, 0.1) is 18.5 Å². The first-order chi connectivity index (χ1) is 10.9. The van der Waals surface area contributed by atoms with Gasteiger partial charge >= 0.3 is 0 Å². The van der Waals surface area contributed by atoms with Crippen LogP contribution in [0.2, 0.25) is 0 Å². The van der Waals surface area contributed by atoms with Crippen LogP contribution in [-0.2, 0) is 14.8 Å². The Kier molecular flexibility index (Phi) is 4.23. The molecule has 0 unspecified atom stereocenters. The number of amides is 1. The maximum atomic E-state index is 12.8. The zero-order chi connectivity index (χ0) is 16.6. The molecule has 0 N–H and O–H groups in total. The molecule has 0 aliphatic carbocycles. The van der Waals surface area contributed by atoms with Crippen molar-refractivity contribution in [2.75, 3.05) is 30.2 Å². The smallest absolute Gasteiger partial charge is 0.265 e. The summed E-state index contributed by atoms with van der Waals surface area (Å²) in [5.41, 5.74) is 0.492. The van der Waals surface area contributed by atoms with Gasteiger partial charge in [-0.1, -0.05) is 19.1 Å². The summed E-state index contributed by atoms with van der Waals surface area (Å²) in [5.74, 6) is 0.780. The first kappa shape index (κ1) is 16.1. The van der Waals surface area contributed by atoms with Gasteiger partial charge in [0.25, 0.3) is 5.91 Å². The summed E-state index contributed by atoms with van der Waals surface area (Å²) in [7, 11) is -3.46. The number of sulfonamides is 1. The number of nitrogens with zero attached hydrogens (tertiary/aromatic N) is 2. The average Bonchev–Trinajstić information content (AvgIpc) is 2.52. The van der Waals surface area contributed by atoms with Gasteiger partial charge in [0, 0.05) is 13.1 Å². The van der Waals surface area contributed by atoms with Crippen LogP contribution in [0.25, 0.3) is 0 Å². The minimum Gasteiger partial charge on any atom is -0.476 e. The molecule has 0 radical (unpaired) electrons. The van der Waals surface area contributed by atoms with E-state index >= 15 is 0 Å². The number of hydrogen-bond donors (Lipinski definition) is 0. The van der Waals surface area contributed by atoms with Crippen molar-refractivity contribution in [1.29, 1.82) is 0 Å². The van der Waals surface area contributed by atoms with Crippen LogP contribution in [-0.4, -0.2) is 51.2 Å². The van der Waals surface area contributed by atoms with Gasteiger partial charge in [0.1, 0.15) is 5.75 Å². The molecular formula is C16H22N2O4S. The van der Waals surface area contributed by atoms with Crippen molar-refractivity contribution in [3.8, 4) is 5.75 Å². The van der Waals surface area contributed by atoms with Crippen molar-refractivity contribution in [1.82, 2.24) is 4.90 Å². The van der Waals surface area contributed by atoms with E-state index < -0.39 is 16.1 Å². The predicted molar refractivity (Wildman–Crippen MR) is 88.0 cm³/mol. The van der Waals surface area contributed by atoms with Gasteiger partial charge < -0.3 is 9.64 Å². The molecule has 6 nitrogen and oxygen atoms in total. The van der Waals surface area contributed by atoms with Gasteiger partial charge in [-0.2, -0.15) is 0 Å². The summed E-state index contributed by atoms with van der Waals surface area (Å²) >= 11 is 0. The third kappa shape index (κ3) is 3.29. The van der Waals surface area contributed by atoms with E-state index in [1.54, 1.807) is 29.2 Å². The van der Waals surface area contributed by atoms with Crippen molar-refractivity contribution in [3.05, 3.63) is 24.3 Å². The second-order valence-electron chi connectivity index (χ2n) is 6.40. The van der Waals surface area contributed by atoms with Crippen molar-refractivity contribution < 1.29 is 17.9 Å². The minimum absolute atomic E-state index is 0.0273. The fraction of sp³-hybridized carbons (Fsp3) is 0.562. The van der Waals surface area contributed by atoms with E-state index in [1.165, 1.54) is 4.31 Å². The SMILES string of the molecule is C[C@@H]1CCCN(C(=O)[C@@H]2CN(S(C)(=O)=O)c3ccccc3O2)C1. The second-order valence-corrected chi connectivity index (χ2v) is 8.31. The molecule has 7 heteroatoms. The highest BCUT2D eigenvalue weighted by molar-refractivity contribution is 7.92. The van der Waals surface area contributed by atoms with E-state index in [0.717, 1.165) is 19.1 Å². The number of hydrogen-bond acceptors (Lipinski definition) is 4. The molecule has 1 saturated heterocycles.